The van der Waals surface area contributed by atoms with Crippen LogP contribution in [-0.2, 0) is 11.4 Å². The molecular formula is C17H11N5O4. The molecule has 0 saturated heterocycles. The molecule has 0 fully saturated rings. The molecule has 2 amide bonds. The van der Waals surface area contributed by atoms with Crippen molar-refractivity contribution in [3.05, 3.63) is 77.4 Å². The quantitative estimate of drug-likeness (QED) is 0.649. The Labute approximate surface area is 146 Å². The van der Waals surface area contributed by atoms with Gasteiger partial charge in [-0.3, -0.25) is 14.6 Å². The standard InChI is InChI=1S/C17H11N5O4/c23-15-12-6-1-2-7-13(12)16(24)22(15)26-17(25)14-10-21(20-19-14)9-11-5-3-4-8-18-11/h1-8,10H,9H2. The fourth-order valence-corrected chi connectivity index (χ4v) is 2.51. The van der Waals surface area contributed by atoms with Crippen LogP contribution in [0.3, 0.4) is 0 Å². The third-order valence-electron chi connectivity index (χ3n) is 3.73. The zero-order valence-electron chi connectivity index (χ0n) is 13.3. The molecule has 0 radical (unpaired) electrons. The van der Waals surface area contributed by atoms with Gasteiger partial charge in [0.1, 0.15) is 0 Å². The highest BCUT2D eigenvalue weighted by Gasteiger charge is 2.39. The van der Waals surface area contributed by atoms with Gasteiger partial charge in [0.2, 0.25) is 0 Å². The van der Waals surface area contributed by atoms with Crippen LogP contribution in [0.25, 0.3) is 0 Å². The molecule has 0 spiro atoms. The Morgan fingerprint density at radius 2 is 1.69 bits per heavy atom. The van der Waals surface area contributed by atoms with Crippen molar-refractivity contribution >= 4 is 17.8 Å². The Morgan fingerprint density at radius 3 is 2.35 bits per heavy atom. The summed E-state index contributed by atoms with van der Waals surface area (Å²) in [6, 6.07) is 11.7. The van der Waals surface area contributed by atoms with Crippen LogP contribution in [0.2, 0.25) is 0 Å². The van der Waals surface area contributed by atoms with E-state index in [2.05, 4.69) is 15.3 Å². The molecule has 128 valence electrons. The lowest BCUT2D eigenvalue weighted by Gasteiger charge is -2.11. The van der Waals surface area contributed by atoms with Crippen LogP contribution in [0.15, 0.2) is 54.9 Å². The van der Waals surface area contributed by atoms with Crippen LogP contribution in [-0.4, -0.2) is 42.8 Å². The van der Waals surface area contributed by atoms with Gasteiger partial charge in [0.05, 0.1) is 29.6 Å². The number of hydrogen-bond donors (Lipinski definition) is 0. The molecule has 0 unspecified atom stereocenters. The second kappa shape index (κ2) is 6.20. The van der Waals surface area contributed by atoms with Crippen molar-refractivity contribution in [3.63, 3.8) is 0 Å². The van der Waals surface area contributed by atoms with Gasteiger partial charge in [-0.25, -0.2) is 9.48 Å². The highest BCUT2D eigenvalue weighted by atomic mass is 16.7. The molecule has 1 aliphatic heterocycles. The third kappa shape index (κ3) is 2.71. The van der Waals surface area contributed by atoms with E-state index in [0.29, 0.717) is 11.6 Å². The molecule has 0 aliphatic carbocycles. The van der Waals surface area contributed by atoms with E-state index >= 15 is 0 Å². The molecule has 0 atom stereocenters. The van der Waals surface area contributed by atoms with Crippen LogP contribution in [0.5, 0.6) is 0 Å². The number of pyridine rings is 1. The summed E-state index contributed by atoms with van der Waals surface area (Å²) in [6.45, 7) is 0.314. The summed E-state index contributed by atoms with van der Waals surface area (Å²) < 4.78 is 1.40. The zero-order chi connectivity index (χ0) is 18.1. The third-order valence-corrected chi connectivity index (χ3v) is 3.73. The molecule has 2 aromatic heterocycles. The van der Waals surface area contributed by atoms with Gasteiger partial charge in [-0.2, -0.15) is 0 Å². The van der Waals surface area contributed by atoms with Crippen molar-refractivity contribution in [2.24, 2.45) is 0 Å². The van der Waals surface area contributed by atoms with E-state index in [-0.39, 0.29) is 16.8 Å². The van der Waals surface area contributed by atoms with Crippen molar-refractivity contribution in [2.45, 2.75) is 6.54 Å². The minimum Gasteiger partial charge on any atom is -0.322 e. The second-order valence-corrected chi connectivity index (χ2v) is 5.45. The summed E-state index contributed by atoms with van der Waals surface area (Å²) in [7, 11) is 0. The van der Waals surface area contributed by atoms with Gasteiger partial charge in [-0.05, 0) is 24.3 Å². The van der Waals surface area contributed by atoms with Crippen LogP contribution >= 0.6 is 0 Å². The number of aromatic nitrogens is 4. The zero-order valence-corrected chi connectivity index (χ0v) is 13.3. The lowest BCUT2D eigenvalue weighted by Crippen LogP contribution is -2.32. The first kappa shape index (κ1) is 15.6. The second-order valence-electron chi connectivity index (χ2n) is 5.45. The van der Waals surface area contributed by atoms with Gasteiger partial charge in [-0.1, -0.05) is 28.5 Å². The Balaban J connectivity index is 1.48. The van der Waals surface area contributed by atoms with Gasteiger partial charge in [0.15, 0.2) is 5.69 Å². The minimum absolute atomic E-state index is 0.127. The van der Waals surface area contributed by atoms with E-state index in [4.69, 9.17) is 4.84 Å². The molecule has 9 nitrogen and oxygen atoms in total. The van der Waals surface area contributed by atoms with Gasteiger partial charge < -0.3 is 4.84 Å². The van der Waals surface area contributed by atoms with Crippen molar-refractivity contribution in [3.8, 4) is 0 Å². The number of amides is 2. The summed E-state index contributed by atoms with van der Waals surface area (Å²) in [5.41, 5.74) is 0.975. The monoisotopic (exact) mass is 349 g/mol. The van der Waals surface area contributed by atoms with E-state index in [1.54, 1.807) is 30.5 Å². The van der Waals surface area contributed by atoms with Gasteiger partial charge in [0, 0.05) is 6.20 Å². The number of nitrogens with zero attached hydrogens (tertiary/aromatic N) is 5. The summed E-state index contributed by atoms with van der Waals surface area (Å²) in [4.78, 5) is 45.7. The number of imide groups is 1. The van der Waals surface area contributed by atoms with Crippen molar-refractivity contribution in [1.29, 1.82) is 0 Å². The molecule has 0 bridgehead atoms. The Bertz CT molecular complexity index is 980. The maximum atomic E-state index is 12.2. The van der Waals surface area contributed by atoms with E-state index < -0.39 is 17.8 Å². The molecule has 26 heavy (non-hydrogen) atoms. The van der Waals surface area contributed by atoms with Crippen molar-refractivity contribution in [1.82, 2.24) is 25.0 Å². The minimum atomic E-state index is -0.952. The summed E-state index contributed by atoms with van der Waals surface area (Å²) in [5.74, 6) is -2.34. The number of hydrogen-bond acceptors (Lipinski definition) is 7. The summed E-state index contributed by atoms with van der Waals surface area (Å²) in [6.07, 6.45) is 3.00. The normalized spacial score (nSPS) is 13.0. The van der Waals surface area contributed by atoms with Crippen molar-refractivity contribution < 1.29 is 19.2 Å². The molecule has 9 heteroatoms. The van der Waals surface area contributed by atoms with Crippen LogP contribution < -0.4 is 0 Å². The topological polar surface area (TPSA) is 107 Å². The predicted octanol–water partition coefficient (Wildman–Crippen LogP) is 1.09. The highest BCUT2D eigenvalue weighted by molar-refractivity contribution is 6.21. The molecule has 0 N–H and O–H groups in total. The number of hydroxylamine groups is 2. The van der Waals surface area contributed by atoms with E-state index in [1.807, 2.05) is 6.07 Å². The molecule has 4 rings (SSSR count). The molecule has 1 aliphatic rings. The summed E-state index contributed by atoms with van der Waals surface area (Å²) in [5, 5.41) is 7.97. The molecular weight excluding hydrogens is 338 g/mol. The lowest BCUT2D eigenvalue weighted by molar-refractivity contribution is -0.0588. The van der Waals surface area contributed by atoms with Crippen molar-refractivity contribution in [2.75, 3.05) is 0 Å². The molecule has 3 aromatic rings. The Kier molecular flexibility index (Phi) is 3.73. The highest BCUT2D eigenvalue weighted by Crippen LogP contribution is 2.23. The van der Waals surface area contributed by atoms with E-state index in [0.717, 1.165) is 5.69 Å². The van der Waals surface area contributed by atoms with E-state index in [1.165, 1.54) is 23.0 Å². The lowest BCUT2D eigenvalue weighted by atomic mass is 10.1. The van der Waals surface area contributed by atoms with Crippen LogP contribution in [0.1, 0.15) is 36.9 Å². The first-order valence-corrected chi connectivity index (χ1v) is 7.63. The van der Waals surface area contributed by atoms with Gasteiger partial charge in [-0.15, -0.1) is 5.10 Å². The Hall–Kier alpha value is -3.88. The number of carbonyl (C=O) groups is 3. The first-order valence-electron chi connectivity index (χ1n) is 7.63. The first-order chi connectivity index (χ1) is 12.6. The number of benzene rings is 1. The predicted molar refractivity (Wildman–Crippen MR) is 85.7 cm³/mol. The van der Waals surface area contributed by atoms with Gasteiger partial charge in [0.25, 0.3) is 11.8 Å². The van der Waals surface area contributed by atoms with Gasteiger partial charge >= 0.3 is 5.97 Å². The molecule has 1 aromatic carbocycles. The largest absolute Gasteiger partial charge is 0.385 e. The maximum Gasteiger partial charge on any atom is 0.385 e. The van der Waals surface area contributed by atoms with Crippen LogP contribution in [0.4, 0.5) is 0 Å². The summed E-state index contributed by atoms with van der Waals surface area (Å²) >= 11 is 0. The molecule has 3 heterocycles. The Morgan fingerprint density at radius 1 is 1.00 bits per heavy atom. The number of fused-ring (bicyclic) bond motifs is 1. The van der Waals surface area contributed by atoms with E-state index in [9.17, 15) is 14.4 Å². The SMILES string of the molecule is O=C(ON1C(=O)c2ccccc2C1=O)c1cn(Cc2ccccn2)nn1. The average Bonchev–Trinajstić information content (AvgIpc) is 3.22. The fourth-order valence-electron chi connectivity index (χ4n) is 2.51. The number of carbonyl (C=O) groups excluding carboxylic acids is 3. The fraction of sp³-hybridized carbons (Fsp3) is 0.0588. The van der Waals surface area contributed by atoms with Crippen LogP contribution in [0, 0.1) is 0 Å². The maximum absolute atomic E-state index is 12.2. The average molecular weight is 349 g/mol. The number of rotatable bonds is 4. The molecule has 0 saturated carbocycles. The smallest absolute Gasteiger partial charge is 0.322 e.